The van der Waals surface area contributed by atoms with Crippen LogP contribution < -0.4 is 0 Å². The molecule has 9 aromatic carbocycles. The van der Waals surface area contributed by atoms with E-state index in [1.165, 1.54) is 21.5 Å². The van der Waals surface area contributed by atoms with Gasteiger partial charge in [0.25, 0.3) is 0 Å². The van der Waals surface area contributed by atoms with Gasteiger partial charge in [-0.05, 0) is 74.5 Å². The maximum Gasteiger partial charge on any atom is 0.160 e. The normalized spacial score (nSPS) is 11.5. The van der Waals surface area contributed by atoms with Crippen molar-refractivity contribution in [3.05, 3.63) is 206 Å². The fraction of sp³-hybridized carbons (Fsp3) is 0. The molecule has 2 heterocycles. The average molecular weight is 727 g/mol. The van der Waals surface area contributed by atoms with Crippen molar-refractivity contribution in [1.82, 2.24) is 19.7 Å². The summed E-state index contributed by atoms with van der Waals surface area (Å²) in [4.78, 5) is 10.4. The van der Waals surface area contributed by atoms with Crippen LogP contribution in [0, 0.1) is 0 Å². The number of nitrogens with zero attached hydrogens (tertiary/aromatic N) is 4. The second-order valence-corrected chi connectivity index (χ2v) is 14.5. The van der Waals surface area contributed by atoms with E-state index >= 15 is 0 Å². The van der Waals surface area contributed by atoms with Crippen LogP contribution in [0.15, 0.2) is 206 Å². The highest BCUT2D eigenvalue weighted by Gasteiger charge is 2.21. The lowest BCUT2D eigenvalue weighted by atomic mass is 9.94. The summed E-state index contributed by atoms with van der Waals surface area (Å²) in [7, 11) is 0. The molecule has 57 heavy (non-hydrogen) atoms. The second kappa shape index (κ2) is 13.6. The Morgan fingerprint density at radius 3 is 1.56 bits per heavy atom. The molecule has 0 aliphatic rings. The Hall–Kier alpha value is -7.69. The van der Waals surface area contributed by atoms with Gasteiger partial charge in [-0.3, -0.25) is 0 Å². The van der Waals surface area contributed by atoms with Gasteiger partial charge >= 0.3 is 0 Å². The first kappa shape index (κ1) is 32.7. The summed E-state index contributed by atoms with van der Waals surface area (Å²) >= 11 is 0. The van der Waals surface area contributed by atoms with E-state index in [2.05, 4.69) is 211 Å². The molecule has 0 bridgehead atoms. The minimum atomic E-state index is 0.691. The molecule has 0 fully saturated rings. The Morgan fingerprint density at radius 1 is 0.351 bits per heavy atom. The number of hydrogen-bond acceptors (Lipinski definition) is 3. The van der Waals surface area contributed by atoms with Crippen molar-refractivity contribution in [2.45, 2.75) is 0 Å². The van der Waals surface area contributed by atoms with E-state index in [0.717, 1.165) is 77.8 Å². The Morgan fingerprint density at radius 2 is 0.877 bits per heavy atom. The topological polar surface area (TPSA) is 43.6 Å². The fourth-order valence-electron chi connectivity index (χ4n) is 8.14. The second-order valence-electron chi connectivity index (χ2n) is 14.5. The lowest BCUT2D eigenvalue weighted by Gasteiger charge is -2.12. The van der Waals surface area contributed by atoms with Gasteiger partial charge in [-0.1, -0.05) is 170 Å². The van der Waals surface area contributed by atoms with Gasteiger partial charge in [0.05, 0.1) is 22.6 Å². The zero-order valence-corrected chi connectivity index (χ0v) is 30.9. The maximum absolute atomic E-state index is 5.42. The molecule has 11 aromatic rings. The molecule has 266 valence electrons. The number of benzene rings is 9. The predicted octanol–water partition coefficient (Wildman–Crippen LogP) is 13.6. The third-order valence-electron chi connectivity index (χ3n) is 11.0. The number of fused-ring (bicyclic) bond motifs is 5. The average Bonchev–Trinajstić information content (AvgIpc) is 3.70. The van der Waals surface area contributed by atoms with Crippen LogP contribution in [0.3, 0.4) is 0 Å². The summed E-state index contributed by atoms with van der Waals surface area (Å²) in [6.07, 6.45) is 0. The fourth-order valence-corrected chi connectivity index (χ4v) is 8.14. The summed E-state index contributed by atoms with van der Waals surface area (Å²) in [5, 5.41) is 13.6. The van der Waals surface area contributed by atoms with Crippen LogP contribution in [-0.4, -0.2) is 19.7 Å². The van der Waals surface area contributed by atoms with Gasteiger partial charge < -0.3 is 0 Å². The van der Waals surface area contributed by atoms with Crippen LogP contribution in [0.25, 0.3) is 105 Å². The van der Waals surface area contributed by atoms with Gasteiger partial charge in [-0.25, -0.2) is 14.6 Å². The van der Waals surface area contributed by atoms with Gasteiger partial charge in [-0.15, -0.1) is 0 Å². The van der Waals surface area contributed by atoms with Crippen LogP contribution in [0.4, 0.5) is 0 Å². The molecule has 2 aromatic heterocycles. The smallest absolute Gasteiger partial charge is 0.160 e. The molecule has 11 rings (SSSR count). The quantitative estimate of drug-likeness (QED) is 0.171. The Balaban J connectivity index is 1.09. The molecule has 0 N–H and O–H groups in total. The zero-order valence-electron chi connectivity index (χ0n) is 30.9. The summed E-state index contributed by atoms with van der Waals surface area (Å²) in [5.74, 6) is 0.691. The Bertz CT molecular complexity index is 3180. The van der Waals surface area contributed by atoms with Crippen LogP contribution in [0.2, 0.25) is 0 Å². The third kappa shape index (κ3) is 5.83. The molecule has 0 radical (unpaired) electrons. The van der Waals surface area contributed by atoms with Crippen LogP contribution in [0.1, 0.15) is 0 Å². The highest BCUT2D eigenvalue weighted by Crippen LogP contribution is 2.42. The van der Waals surface area contributed by atoms with E-state index in [9.17, 15) is 0 Å². The summed E-state index contributed by atoms with van der Waals surface area (Å²) in [5.41, 5.74) is 11.2. The Kier molecular flexibility index (Phi) is 7.78. The van der Waals surface area contributed by atoms with E-state index in [4.69, 9.17) is 15.1 Å². The van der Waals surface area contributed by atoms with Crippen molar-refractivity contribution < 1.29 is 0 Å². The predicted molar refractivity (Wildman–Crippen MR) is 236 cm³/mol. The van der Waals surface area contributed by atoms with Gasteiger partial charge in [0, 0.05) is 33.0 Å². The van der Waals surface area contributed by atoms with Crippen molar-refractivity contribution in [1.29, 1.82) is 0 Å². The third-order valence-corrected chi connectivity index (χ3v) is 11.0. The molecule has 0 spiro atoms. The molecule has 0 atom stereocenters. The zero-order chi connectivity index (χ0) is 37.7. The monoisotopic (exact) mass is 726 g/mol. The molecule has 0 unspecified atom stereocenters. The van der Waals surface area contributed by atoms with Crippen molar-refractivity contribution in [3.63, 3.8) is 0 Å². The van der Waals surface area contributed by atoms with Crippen LogP contribution in [-0.2, 0) is 0 Å². The van der Waals surface area contributed by atoms with Gasteiger partial charge in [0.15, 0.2) is 5.82 Å². The molecule has 0 amide bonds. The highest BCUT2D eigenvalue weighted by atomic mass is 15.3. The summed E-state index contributed by atoms with van der Waals surface area (Å²) in [6.45, 7) is 0. The van der Waals surface area contributed by atoms with Crippen LogP contribution >= 0.6 is 0 Å². The Labute approximate surface area is 330 Å². The molecule has 0 saturated heterocycles. The summed E-state index contributed by atoms with van der Waals surface area (Å²) < 4.78 is 2.12. The molecule has 0 saturated carbocycles. The summed E-state index contributed by atoms with van der Waals surface area (Å²) in [6, 6.07) is 72.7. The lowest BCUT2D eigenvalue weighted by Crippen LogP contribution is -1.99. The molecular weight excluding hydrogens is 693 g/mol. The largest absolute Gasteiger partial charge is 0.232 e. The van der Waals surface area contributed by atoms with Crippen molar-refractivity contribution in [3.8, 4) is 62.0 Å². The number of aromatic nitrogens is 4. The highest BCUT2D eigenvalue weighted by molar-refractivity contribution is 6.17. The van der Waals surface area contributed by atoms with Crippen LogP contribution in [0.5, 0.6) is 0 Å². The van der Waals surface area contributed by atoms with E-state index in [1.54, 1.807) is 0 Å². The van der Waals surface area contributed by atoms with E-state index < -0.39 is 0 Å². The van der Waals surface area contributed by atoms with E-state index in [1.807, 2.05) is 0 Å². The first-order valence-electron chi connectivity index (χ1n) is 19.3. The maximum atomic E-state index is 5.42. The van der Waals surface area contributed by atoms with Crippen molar-refractivity contribution in [2.75, 3.05) is 0 Å². The van der Waals surface area contributed by atoms with Gasteiger partial charge in [0.1, 0.15) is 5.69 Å². The van der Waals surface area contributed by atoms with E-state index in [0.29, 0.717) is 5.82 Å². The van der Waals surface area contributed by atoms with E-state index in [-0.39, 0.29) is 0 Å². The first-order chi connectivity index (χ1) is 28.2. The molecular formula is C53H34N4. The van der Waals surface area contributed by atoms with Gasteiger partial charge in [0.2, 0.25) is 0 Å². The number of hydrogen-bond donors (Lipinski definition) is 0. The van der Waals surface area contributed by atoms with Crippen molar-refractivity contribution in [2.24, 2.45) is 0 Å². The standard InChI is InChI=1S/C53H34N4/c1-3-15-37(16-4-1)47-33-42-21-11-12-22-46(42)52-50(47)51(39-17-5-2-6-18-39)56-57(52)45-29-27-38(28-30-45)48-34-49(43-25-23-35-13-7-9-19-40(35)31-43)55-53(54-48)44-26-24-36-14-8-10-20-41(36)32-44/h1-34H. The SMILES string of the molecule is c1ccc(-c2cc3ccccc3c3c2c(-c2ccccc2)nn3-c2ccc(-c3cc(-c4ccc5ccccc5c4)nc(-c4ccc5ccccc5c4)n3)cc2)cc1. The molecule has 4 nitrogen and oxygen atoms in total. The minimum Gasteiger partial charge on any atom is -0.232 e. The molecule has 0 aliphatic heterocycles. The number of rotatable bonds is 6. The molecule has 4 heteroatoms. The van der Waals surface area contributed by atoms with Crippen molar-refractivity contribution >= 4 is 43.2 Å². The lowest BCUT2D eigenvalue weighted by molar-refractivity contribution is 0.918. The first-order valence-corrected chi connectivity index (χ1v) is 19.3. The van der Waals surface area contributed by atoms with Gasteiger partial charge in [-0.2, -0.15) is 5.10 Å². The molecule has 0 aliphatic carbocycles. The minimum absolute atomic E-state index is 0.691.